The van der Waals surface area contributed by atoms with Gasteiger partial charge in [0.15, 0.2) is 0 Å². The van der Waals surface area contributed by atoms with Crippen molar-refractivity contribution in [3.63, 3.8) is 0 Å². The molecule has 3 aromatic heterocycles. The average molecular weight is 653 g/mol. The number of nitrogens with zero attached hydrogens (tertiary/aromatic N) is 2. The maximum Gasteiger partial charge on any atom is 0.106 e. The minimum atomic E-state index is 0.802. The molecule has 3 heterocycles. The SMILES string of the molecule is c1cc(-c2ccc3c4ccccc4c4ccccc4c3c2)cc(-c2cccc3c2Cc2nc(-c4nccc5c4sc4ccccc45)ccc2-3)c1. The molecular formula is C47H28N2S. The summed E-state index contributed by atoms with van der Waals surface area (Å²) in [4.78, 5) is 10.1. The molecule has 50 heavy (non-hydrogen) atoms. The van der Waals surface area contributed by atoms with Gasteiger partial charge in [-0.25, -0.2) is 0 Å². The number of thiophene rings is 1. The van der Waals surface area contributed by atoms with Gasteiger partial charge in [0, 0.05) is 33.7 Å². The molecule has 0 saturated carbocycles. The minimum Gasteiger partial charge on any atom is -0.253 e. The van der Waals surface area contributed by atoms with Gasteiger partial charge in [-0.05, 0) is 96.0 Å². The van der Waals surface area contributed by atoms with Crippen LogP contribution in [0.2, 0.25) is 0 Å². The Labute approximate surface area is 293 Å². The molecule has 0 aliphatic heterocycles. The van der Waals surface area contributed by atoms with Crippen molar-refractivity contribution < 1.29 is 0 Å². The molecule has 0 radical (unpaired) electrons. The average Bonchev–Trinajstić information content (AvgIpc) is 3.76. The standard InChI is InChI=1S/C47H28N2S/c1-2-13-34-32(11-1)33-12-3-4-14-35(33)41-26-29(19-20-37(34)41)28-9-7-10-30(25-28)31-16-8-17-36-38-21-22-43(49-44(38)27-42(31)36)46-47-40(23-24-48-46)39-15-5-6-18-45(39)50-47/h1-26H,27H2. The van der Waals surface area contributed by atoms with Crippen LogP contribution in [-0.4, -0.2) is 9.97 Å². The fourth-order valence-corrected chi connectivity index (χ4v) is 9.46. The van der Waals surface area contributed by atoms with E-state index < -0.39 is 0 Å². The molecule has 2 nitrogen and oxygen atoms in total. The number of hydrogen-bond donors (Lipinski definition) is 0. The van der Waals surface area contributed by atoms with Crippen LogP contribution in [0.15, 0.2) is 158 Å². The zero-order valence-electron chi connectivity index (χ0n) is 27.0. The van der Waals surface area contributed by atoms with E-state index in [-0.39, 0.29) is 0 Å². The van der Waals surface area contributed by atoms with Crippen LogP contribution in [0.4, 0.5) is 0 Å². The highest BCUT2D eigenvalue weighted by Crippen LogP contribution is 2.44. The Morgan fingerprint density at radius 2 is 1.10 bits per heavy atom. The summed E-state index contributed by atoms with van der Waals surface area (Å²) in [5.74, 6) is 0. The van der Waals surface area contributed by atoms with E-state index in [4.69, 9.17) is 9.97 Å². The van der Waals surface area contributed by atoms with Gasteiger partial charge >= 0.3 is 0 Å². The van der Waals surface area contributed by atoms with Crippen molar-refractivity contribution in [3.05, 3.63) is 169 Å². The summed E-state index contributed by atoms with van der Waals surface area (Å²) in [5.41, 5.74) is 11.8. The van der Waals surface area contributed by atoms with E-state index in [9.17, 15) is 0 Å². The Hall–Kier alpha value is -6.16. The van der Waals surface area contributed by atoms with Crippen molar-refractivity contribution in [1.82, 2.24) is 9.97 Å². The largest absolute Gasteiger partial charge is 0.253 e. The molecule has 11 rings (SSSR count). The molecule has 1 aliphatic rings. The molecule has 0 unspecified atom stereocenters. The summed E-state index contributed by atoms with van der Waals surface area (Å²) >= 11 is 1.80. The van der Waals surface area contributed by atoms with E-state index in [2.05, 4.69) is 152 Å². The zero-order chi connectivity index (χ0) is 32.8. The van der Waals surface area contributed by atoms with Crippen LogP contribution in [0, 0.1) is 0 Å². The second-order valence-electron chi connectivity index (χ2n) is 13.3. The maximum atomic E-state index is 5.28. The number of fused-ring (bicyclic) bond motifs is 12. The van der Waals surface area contributed by atoms with Gasteiger partial charge in [0.2, 0.25) is 0 Å². The Balaban J connectivity index is 0.994. The lowest BCUT2D eigenvalue weighted by Gasteiger charge is -2.13. The lowest BCUT2D eigenvalue weighted by Crippen LogP contribution is -1.93. The molecule has 0 amide bonds. The van der Waals surface area contributed by atoms with Crippen LogP contribution in [0.1, 0.15) is 11.3 Å². The topological polar surface area (TPSA) is 25.8 Å². The van der Waals surface area contributed by atoms with Gasteiger partial charge in [-0.2, -0.15) is 0 Å². The van der Waals surface area contributed by atoms with E-state index in [0.717, 1.165) is 23.5 Å². The molecule has 0 fully saturated rings. The highest BCUT2D eigenvalue weighted by Gasteiger charge is 2.24. The number of aromatic nitrogens is 2. The summed E-state index contributed by atoms with van der Waals surface area (Å²) < 4.78 is 2.48. The molecule has 7 aromatic carbocycles. The normalized spacial score (nSPS) is 12.3. The molecule has 0 atom stereocenters. The van der Waals surface area contributed by atoms with E-state index in [1.807, 2.05) is 6.20 Å². The van der Waals surface area contributed by atoms with E-state index in [1.165, 1.54) is 91.4 Å². The van der Waals surface area contributed by atoms with Crippen molar-refractivity contribution in [2.75, 3.05) is 0 Å². The number of rotatable bonds is 3. The van der Waals surface area contributed by atoms with E-state index in [1.54, 1.807) is 11.3 Å². The Morgan fingerprint density at radius 3 is 1.92 bits per heavy atom. The molecule has 10 aromatic rings. The minimum absolute atomic E-state index is 0.802. The lowest BCUT2D eigenvalue weighted by molar-refractivity contribution is 1.12. The van der Waals surface area contributed by atoms with Gasteiger partial charge in [0.05, 0.1) is 16.1 Å². The fraction of sp³-hybridized carbons (Fsp3) is 0.0213. The fourth-order valence-electron chi connectivity index (χ4n) is 8.27. The van der Waals surface area contributed by atoms with E-state index >= 15 is 0 Å². The number of benzene rings is 7. The molecule has 0 bridgehead atoms. The van der Waals surface area contributed by atoms with Crippen LogP contribution >= 0.6 is 11.3 Å². The van der Waals surface area contributed by atoms with Crippen molar-refractivity contribution in [2.45, 2.75) is 6.42 Å². The van der Waals surface area contributed by atoms with Gasteiger partial charge in [-0.1, -0.05) is 121 Å². The molecule has 0 saturated heterocycles. The second kappa shape index (κ2) is 10.7. The summed E-state index contributed by atoms with van der Waals surface area (Å²) in [6, 6.07) is 55.4. The van der Waals surface area contributed by atoms with Gasteiger partial charge in [0.1, 0.15) is 5.69 Å². The smallest absolute Gasteiger partial charge is 0.106 e. The van der Waals surface area contributed by atoms with Gasteiger partial charge < -0.3 is 0 Å². The lowest BCUT2D eigenvalue weighted by atomic mass is 9.90. The first-order valence-corrected chi connectivity index (χ1v) is 17.9. The second-order valence-corrected chi connectivity index (χ2v) is 14.3. The Kier molecular flexibility index (Phi) is 5.92. The predicted molar refractivity (Wildman–Crippen MR) is 212 cm³/mol. The van der Waals surface area contributed by atoms with Crippen molar-refractivity contribution >= 4 is 63.8 Å². The van der Waals surface area contributed by atoms with Gasteiger partial charge in [0.25, 0.3) is 0 Å². The molecule has 3 heteroatoms. The van der Waals surface area contributed by atoms with Crippen LogP contribution in [0.25, 0.3) is 97.3 Å². The highest BCUT2D eigenvalue weighted by atomic mass is 32.1. The third-order valence-electron chi connectivity index (χ3n) is 10.6. The monoisotopic (exact) mass is 652 g/mol. The van der Waals surface area contributed by atoms with Crippen molar-refractivity contribution in [1.29, 1.82) is 0 Å². The van der Waals surface area contributed by atoms with Crippen LogP contribution in [-0.2, 0) is 6.42 Å². The first kappa shape index (κ1) is 27.8. The molecule has 0 spiro atoms. The van der Waals surface area contributed by atoms with Crippen LogP contribution < -0.4 is 0 Å². The molecule has 1 aliphatic carbocycles. The molecule has 232 valence electrons. The first-order valence-electron chi connectivity index (χ1n) is 17.1. The predicted octanol–water partition coefficient (Wildman–Crippen LogP) is 12.9. The van der Waals surface area contributed by atoms with Crippen molar-refractivity contribution in [3.8, 4) is 44.8 Å². The highest BCUT2D eigenvalue weighted by molar-refractivity contribution is 7.26. The number of pyridine rings is 2. The third kappa shape index (κ3) is 4.08. The third-order valence-corrected chi connectivity index (χ3v) is 11.8. The van der Waals surface area contributed by atoms with E-state index in [0.29, 0.717) is 0 Å². The summed E-state index contributed by atoms with van der Waals surface area (Å²) in [7, 11) is 0. The Bertz CT molecular complexity index is 2990. The number of hydrogen-bond acceptors (Lipinski definition) is 3. The first-order chi connectivity index (χ1) is 24.8. The zero-order valence-corrected chi connectivity index (χ0v) is 27.8. The van der Waals surface area contributed by atoms with Gasteiger partial charge in [-0.15, -0.1) is 11.3 Å². The van der Waals surface area contributed by atoms with Crippen molar-refractivity contribution in [2.24, 2.45) is 0 Å². The quantitative estimate of drug-likeness (QED) is 0.178. The maximum absolute atomic E-state index is 5.28. The summed E-state index contributed by atoms with van der Waals surface area (Å²) in [6.45, 7) is 0. The van der Waals surface area contributed by atoms with Crippen LogP contribution in [0.5, 0.6) is 0 Å². The summed E-state index contributed by atoms with van der Waals surface area (Å²) in [5, 5.41) is 10.3. The van der Waals surface area contributed by atoms with Gasteiger partial charge in [-0.3, -0.25) is 9.97 Å². The Morgan fingerprint density at radius 1 is 0.440 bits per heavy atom. The summed E-state index contributed by atoms with van der Waals surface area (Å²) in [6.07, 6.45) is 2.72. The molecular weight excluding hydrogens is 625 g/mol. The molecule has 0 N–H and O–H groups in total. The van der Waals surface area contributed by atoms with Crippen LogP contribution in [0.3, 0.4) is 0 Å².